The van der Waals surface area contributed by atoms with E-state index in [9.17, 15) is 0 Å². The summed E-state index contributed by atoms with van der Waals surface area (Å²) in [6, 6.07) is 0.708. The Labute approximate surface area is 95.3 Å². The molecule has 1 aliphatic rings. The maximum absolute atomic E-state index is 4.12. The first-order chi connectivity index (χ1) is 7.28. The molecule has 0 bridgehead atoms. The Kier molecular flexibility index (Phi) is 3.70. The molecule has 4 heteroatoms. The van der Waals surface area contributed by atoms with Gasteiger partial charge in [-0.1, -0.05) is 13.3 Å². The molecule has 1 aromatic heterocycles. The van der Waals surface area contributed by atoms with Crippen LogP contribution in [-0.2, 0) is 6.54 Å². The van der Waals surface area contributed by atoms with Gasteiger partial charge in [0.2, 0.25) is 0 Å². The van der Waals surface area contributed by atoms with Crippen LogP contribution >= 0.6 is 11.3 Å². The molecule has 1 heterocycles. The number of aryl methyl sites for hydroxylation is 1. The molecule has 1 fully saturated rings. The third kappa shape index (κ3) is 2.98. The van der Waals surface area contributed by atoms with Crippen LogP contribution in [0.2, 0.25) is 0 Å². The van der Waals surface area contributed by atoms with Gasteiger partial charge in [0.05, 0.1) is 0 Å². The van der Waals surface area contributed by atoms with Crippen LogP contribution in [0.5, 0.6) is 0 Å². The number of nitrogens with one attached hydrogen (secondary N) is 1. The van der Waals surface area contributed by atoms with Gasteiger partial charge in [-0.05, 0) is 32.1 Å². The number of rotatable bonds is 4. The standard InChI is InChI=1S/C11H19N3S/c1-3-9-4-5-10(6-9)12-7-11-14-13-8(2)15-11/h9-10,12H,3-7H2,1-2H3. The van der Waals surface area contributed by atoms with E-state index in [1.807, 2.05) is 6.92 Å². The minimum Gasteiger partial charge on any atom is -0.308 e. The third-order valence-corrected chi connectivity index (χ3v) is 4.07. The predicted molar refractivity (Wildman–Crippen MR) is 62.9 cm³/mol. The highest BCUT2D eigenvalue weighted by Crippen LogP contribution is 2.28. The molecule has 0 saturated heterocycles. The molecule has 15 heavy (non-hydrogen) atoms. The fourth-order valence-electron chi connectivity index (χ4n) is 2.27. The van der Waals surface area contributed by atoms with Gasteiger partial charge in [-0.15, -0.1) is 21.5 Å². The van der Waals surface area contributed by atoms with Crippen LogP contribution in [-0.4, -0.2) is 16.2 Å². The lowest BCUT2D eigenvalue weighted by molar-refractivity contribution is 0.475. The van der Waals surface area contributed by atoms with Crippen LogP contribution in [0, 0.1) is 12.8 Å². The Morgan fingerprint density at radius 2 is 2.27 bits per heavy atom. The smallest absolute Gasteiger partial charge is 0.131 e. The summed E-state index contributed by atoms with van der Waals surface area (Å²) in [6.45, 7) is 5.19. The molecule has 0 amide bonds. The van der Waals surface area contributed by atoms with Crippen molar-refractivity contribution in [3.05, 3.63) is 10.0 Å². The van der Waals surface area contributed by atoms with Crippen molar-refractivity contribution in [1.82, 2.24) is 15.5 Å². The second-order valence-corrected chi connectivity index (χ2v) is 5.65. The van der Waals surface area contributed by atoms with Gasteiger partial charge in [-0.25, -0.2) is 0 Å². The lowest BCUT2D eigenvalue weighted by Gasteiger charge is -2.10. The van der Waals surface area contributed by atoms with Crippen molar-refractivity contribution in [1.29, 1.82) is 0 Å². The van der Waals surface area contributed by atoms with E-state index in [1.165, 1.54) is 25.7 Å². The van der Waals surface area contributed by atoms with Gasteiger partial charge < -0.3 is 5.32 Å². The zero-order chi connectivity index (χ0) is 10.7. The maximum atomic E-state index is 4.12. The number of hydrogen-bond donors (Lipinski definition) is 1. The van der Waals surface area contributed by atoms with Gasteiger partial charge in [0.15, 0.2) is 0 Å². The number of hydrogen-bond acceptors (Lipinski definition) is 4. The first kappa shape index (κ1) is 11.0. The Bertz CT molecular complexity index is 311. The summed E-state index contributed by atoms with van der Waals surface area (Å²) < 4.78 is 0. The van der Waals surface area contributed by atoms with E-state index >= 15 is 0 Å². The molecular weight excluding hydrogens is 206 g/mol. The van der Waals surface area contributed by atoms with Crippen LogP contribution in [0.4, 0.5) is 0 Å². The Hall–Kier alpha value is -0.480. The molecule has 0 aliphatic heterocycles. The van der Waals surface area contributed by atoms with Gasteiger partial charge in [-0.3, -0.25) is 0 Å². The third-order valence-electron chi connectivity index (χ3n) is 3.23. The molecule has 1 N–H and O–H groups in total. The highest BCUT2D eigenvalue weighted by molar-refractivity contribution is 7.11. The van der Waals surface area contributed by atoms with Crippen molar-refractivity contribution >= 4 is 11.3 Å². The molecule has 0 aromatic carbocycles. The lowest BCUT2D eigenvalue weighted by Crippen LogP contribution is -2.25. The van der Waals surface area contributed by atoms with Crippen LogP contribution in [0.25, 0.3) is 0 Å². The van der Waals surface area contributed by atoms with E-state index in [0.717, 1.165) is 22.5 Å². The van der Waals surface area contributed by atoms with Crippen molar-refractivity contribution in [2.45, 2.75) is 52.1 Å². The van der Waals surface area contributed by atoms with Crippen LogP contribution in [0.3, 0.4) is 0 Å². The topological polar surface area (TPSA) is 37.8 Å². The molecule has 3 nitrogen and oxygen atoms in total. The molecule has 2 atom stereocenters. The average Bonchev–Trinajstić information content (AvgIpc) is 2.83. The van der Waals surface area contributed by atoms with Crippen LogP contribution in [0.1, 0.15) is 42.6 Å². The largest absolute Gasteiger partial charge is 0.308 e. The van der Waals surface area contributed by atoms with E-state index in [-0.39, 0.29) is 0 Å². The van der Waals surface area contributed by atoms with Gasteiger partial charge >= 0.3 is 0 Å². The fourth-order valence-corrected chi connectivity index (χ4v) is 2.93. The molecular formula is C11H19N3S. The van der Waals surface area contributed by atoms with Gasteiger partial charge in [0.1, 0.15) is 10.0 Å². The zero-order valence-electron chi connectivity index (χ0n) is 9.49. The molecule has 2 rings (SSSR count). The zero-order valence-corrected chi connectivity index (χ0v) is 10.3. The highest BCUT2D eigenvalue weighted by atomic mass is 32.1. The molecule has 0 spiro atoms. The minimum atomic E-state index is 0.708. The van der Waals surface area contributed by atoms with Gasteiger partial charge in [-0.2, -0.15) is 0 Å². The summed E-state index contributed by atoms with van der Waals surface area (Å²) in [7, 11) is 0. The summed E-state index contributed by atoms with van der Waals surface area (Å²) in [5.74, 6) is 0.943. The van der Waals surface area contributed by atoms with Crippen LogP contribution < -0.4 is 5.32 Å². The molecule has 1 saturated carbocycles. The van der Waals surface area contributed by atoms with E-state index in [4.69, 9.17) is 0 Å². The molecule has 2 unspecified atom stereocenters. The van der Waals surface area contributed by atoms with E-state index in [0.29, 0.717) is 6.04 Å². The molecule has 84 valence electrons. The van der Waals surface area contributed by atoms with E-state index < -0.39 is 0 Å². The normalized spacial score (nSPS) is 26.0. The average molecular weight is 225 g/mol. The molecule has 1 aromatic rings. The second kappa shape index (κ2) is 5.03. The predicted octanol–water partition coefficient (Wildman–Crippen LogP) is 2.51. The van der Waals surface area contributed by atoms with Gasteiger partial charge in [0.25, 0.3) is 0 Å². The van der Waals surface area contributed by atoms with E-state index in [2.05, 4.69) is 22.4 Å². The van der Waals surface area contributed by atoms with Crippen molar-refractivity contribution in [3.8, 4) is 0 Å². The summed E-state index contributed by atoms with van der Waals surface area (Å²) in [5.41, 5.74) is 0. The van der Waals surface area contributed by atoms with Crippen molar-refractivity contribution < 1.29 is 0 Å². The summed E-state index contributed by atoms with van der Waals surface area (Å²) >= 11 is 1.69. The Balaban J connectivity index is 1.75. The maximum Gasteiger partial charge on any atom is 0.131 e. The van der Waals surface area contributed by atoms with Crippen LogP contribution in [0.15, 0.2) is 0 Å². The highest BCUT2D eigenvalue weighted by Gasteiger charge is 2.22. The van der Waals surface area contributed by atoms with Crippen molar-refractivity contribution in [2.24, 2.45) is 5.92 Å². The number of nitrogens with zero attached hydrogens (tertiary/aromatic N) is 2. The summed E-state index contributed by atoms with van der Waals surface area (Å²) in [5, 5.41) is 13.9. The summed E-state index contributed by atoms with van der Waals surface area (Å²) in [4.78, 5) is 0. The fraction of sp³-hybridized carbons (Fsp3) is 0.818. The van der Waals surface area contributed by atoms with Crippen molar-refractivity contribution in [3.63, 3.8) is 0 Å². The first-order valence-corrected chi connectivity index (χ1v) is 6.62. The van der Waals surface area contributed by atoms with Crippen molar-refractivity contribution in [2.75, 3.05) is 0 Å². The second-order valence-electron chi connectivity index (χ2n) is 4.38. The lowest BCUT2D eigenvalue weighted by atomic mass is 10.1. The Morgan fingerprint density at radius 1 is 1.40 bits per heavy atom. The summed E-state index contributed by atoms with van der Waals surface area (Å²) in [6.07, 6.45) is 5.39. The Morgan fingerprint density at radius 3 is 2.87 bits per heavy atom. The first-order valence-electron chi connectivity index (χ1n) is 5.80. The number of aromatic nitrogens is 2. The van der Waals surface area contributed by atoms with Gasteiger partial charge in [0, 0.05) is 12.6 Å². The SMILES string of the molecule is CCC1CCC(NCc2nnc(C)s2)C1. The quantitative estimate of drug-likeness (QED) is 0.855. The molecule has 1 aliphatic carbocycles. The monoisotopic (exact) mass is 225 g/mol. The van der Waals surface area contributed by atoms with E-state index in [1.54, 1.807) is 11.3 Å². The molecule has 0 radical (unpaired) electrons. The minimum absolute atomic E-state index is 0.708.